The van der Waals surface area contributed by atoms with Gasteiger partial charge in [0.2, 0.25) is 0 Å². The van der Waals surface area contributed by atoms with Crippen molar-refractivity contribution < 1.29 is 9.22 Å². The second kappa shape index (κ2) is 15.9. The van der Waals surface area contributed by atoms with Gasteiger partial charge in [0, 0.05) is 0 Å². The van der Waals surface area contributed by atoms with Gasteiger partial charge in [-0.05, 0) is 30.5 Å². The summed E-state index contributed by atoms with van der Waals surface area (Å²) in [6, 6.07) is 8.70. The zero-order chi connectivity index (χ0) is 20.5. The minimum Gasteiger partial charge on any atom is -0.488 e. The zero-order valence-corrected chi connectivity index (χ0v) is 19.5. The summed E-state index contributed by atoms with van der Waals surface area (Å²) in [4.78, 5) is 0. The topological polar surface area (TPSA) is 9.23 Å². The maximum absolute atomic E-state index is 5.93. The molecular weight excluding hydrogens is 342 g/mol. The van der Waals surface area contributed by atoms with Crippen LogP contribution in [0.4, 0.5) is 0 Å². The molecule has 0 spiro atoms. The molecule has 0 bridgehead atoms. The van der Waals surface area contributed by atoms with Crippen molar-refractivity contribution in [1.82, 2.24) is 0 Å². The van der Waals surface area contributed by atoms with Crippen molar-refractivity contribution in [2.45, 2.75) is 96.8 Å². The number of hydrogen-bond acceptors (Lipinski definition) is 1. The van der Waals surface area contributed by atoms with E-state index in [1.807, 2.05) is 0 Å². The lowest BCUT2D eigenvalue weighted by atomic mass is 10.0. The fraction of sp³-hybridized carbons (Fsp3) is 0.769. The van der Waals surface area contributed by atoms with Gasteiger partial charge in [0.05, 0.1) is 21.1 Å². The average molecular weight is 391 g/mol. The van der Waals surface area contributed by atoms with Crippen molar-refractivity contribution in [2.24, 2.45) is 0 Å². The van der Waals surface area contributed by atoms with Gasteiger partial charge < -0.3 is 9.22 Å². The molecule has 0 atom stereocenters. The molecule has 0 amide bonds. The van der Waals surface area contributed by atoms with Gasteiger partial charge in [-0.3, -0.25) is 0 Å². The van der Waals surface area contributed by atoms with Crippen molar-refractivity contribution in [1.29, 1.82) is 0 Å². The van der Waals surface area contributed by atoms with Crippen molar-refractivity contribution in [2.75, 3.05) is 34.3 Å². The Morgan fingerprint density at radius 3 is 1.79 bits per heavy atom. The Morgan fingerprint density at radius 2 is 1.25 bits per heavy atom. The fourth-order valence-electron chi connectivity index (χ4n) is 3.58. The van der Waals surface area contributed by atoms with Gasteiger partial charge in [-0.15, -0.1) is 0 Å². The highest BCUT2D eigenvalue weighted by atomic mass is 16.5. The van der Waals surface area contributed by atoms with Gasteiger partial charge in [0.1, 0.15) is 18.9 Å². The van der Waals surface area contributed by atoms with E-state index < -0.39 is 0 Å². The normalized spacial score (nSPS) is 11.7. The summed E-state index contributed by atoms with van der Waals surface area (Å²) in [5, 5.41) is 0. The lowest BCUT2D eigenvalue weighted by Crippen LogP contribution is -2.38. The molecule has 0 N–H and O–H groups in total. The molecule has 0 aliphatic carbocycles. The first-order valence-corrected chi connectivity index (χ1v) is 12.0. The predicted molar refractivity (Wildman–Crippen MR) is 124 cm³/mol. The van der Waals surface area contributed by atoms with Crippen LogP contribution in [0.25, 0.3) is 0 Å². The Balaban J connectivity index is 1.98. The van der Waals surface area contributed by atoms with Crippen molar-refractivity contribution >= 4 is 0 Å². The average Bonchev–Trinajstić information content (AvgIpc) is 2.65. The Bertz CT molecular complexity index is 478. The van der Waals surface area contributed by atoms with Gasteiger partial charge in [0.15, 0.2) is 0 Å². The van der Waals surface area contributed by atoms with Gasteiger partial charge in [-0.1, -0.05) is 96.1 Å². The van der Waals surface area contributed by atoms with Crippen LogP contribution in [0.3, 0.4) is 0 Å². The van der Waals surface area contributed by atoms with Crippen molar-refractivity contribution in [3.05, 3.63) is 29.8 Å². The van der Waals surface area contributed by atoms with Crippen LogP contribution in [0.5, 0.6) is 5.75 Å². The largest absolute Gasteiger partial charge is 0.488 e. The summed E-state index contributed by atoms with van der Waals surface area (Å²) >= 11 is 0. The first kappa shape index (κ1) is 25.0. The highest BCUT2D eigenvalue weighted by Crippen LogP contribution is 2.17. The third-order valence-electron chi connectivity index (χ3n) is 5.50. The minimum atomic E-state index is 0.783. The molecule has 0 heterocycles. The number of nitrogens with zero attached hydrogens (tertiary/aromatic N) is 1. The molecule has 2 nitrogen and oxygen atoms in total. The highest BCUT2D eigenvalue weighted by molar-refractivity contribution is 5.28. The Kier molecular flexibility index (Phi) is 14.2. The van der Waals surface area contributed by atoms with E-state index in [2.05, 4.69) is 52.3 Å². The lowest BCUT2D eigenvalue weighted by Gasteiger charge is -2.23. The molecule has 0 aliphatic rings. The van der Waals surface area contributed by atoms with E-state index in [-0.39, 0.29) is 0 Å². The van der Waals surface area contributed by atoms with Crippen molar-refractivity contribution in [3.8, 4) is 5.75 Å². The molecule has 0 aliphatic heterocycles. The number of hydrogen-bond donors (Lipinski definition) is 0. The first-order chi connectivity index (χ1) is 13.5. The van der Waals surface area contributed by atoms with Crippen molar-refractivity contribution in [3.63, 3.8) is 0 Å². The van der Waals surface area contributed by atoms with Gasteiger partial charge in [-0.25, -0.2) is 0 Å². The van der Waals surface area contributed by atoms with E-state index in [9.17, 15) is 0 Å². The number of unbranched alkanes of at least 4 members (excludes halogenated alkanes) is 12. The highest BCUT2D eigenvalue weighted by Gasteiger charge is 2.06. The van der Waals surface area contributed by atoms with E-state index in [1.54, 1.807) is 0 Å². The van der Waals surface area contributed by atoms with Gasteiger partial charge in [0.25, 0.3) is 0 Å². The van der Waals surface area contributed by atoms with Crippen LogP contribution in [-0.2, 0) is 6.42 Å². The Hall–Kier alpha value is -1.02. The summed E-state index contributed by atoms with van der Waals surface area (Å²) in [7, 11) is 6.61. The lowest BCUT2D eigenvalue weighted by molar-refractivity contribution is -0.870. The zero-order valence-electron chi connectivity index (χ0n) is 19.5. The molecule has 0 unspecified atom stereocenters. The number of benzene rings is 1. The van der Waals surface area contributed by atoms with E-state index in [4.69, 9.17) is 4.74 Å². The van der Waals surface area contributed by atoms with E-state index >= 15 is 0 Å². The Labute approximate surface area is 176 Å². The molecule has 0 aromatic heterocycles. The molecule has 1 aromatic rings. The molecule has 1 aromatic carbocycles. The number of quaternary nitrogens is 1. The molecule has 0 saturated heterocycles. The standard InChI is InChI=1S/C26H48NO/c1-5-6-7-8-9-10-11-12-13-14-15-16-17-19-25-20-18-21-26(24-25)28-23-22-27(2,3)4/h18,20-21,24H,5-17,19,22-23H2,1-4H3/q+1. The summed E-state index contributed by atoms with van der Waals surface area (Å²) in [6.07, 6.45) is 19.6. The van der Waals surface area contributed by atoms with E-state index in [1.165, 1.54) is 95.5 Å². The number of ether oxygens (including phenoxy) is 1. The monoisotopic (exact) mass is 390 g/mol. The molecule has 0 radical (unpaired) electrons. The van der Waals surface area contributed by atoms with Gasteiger partial charge in [-0.2, -0.15) is 0 Å². The summed E-state index contributed by atoms with van der Waals surface area (Å²) < 4.78 is 6.87. The minimum absolute atomic E-state index is 0.783. The molecular formula is C26H48NO+. The third kappa shape index (κ3) is 15.0. The molecule has 1 rings (SSSR count). The maximum atomic E-state index is 5.93. The maximum Gasteiger partial charge on any atom is 0.137 e. The first-order valence-electron chi connectivity index (χ1n) is 12.0. The molecule has 28 heavy (non-hydrogen) atoms. The fourth-order valence-corrected chi connectivity index (χ4v) is 3.58. The third-order valence-corrected chi connectivity index (χ3v) is 5.50. The van der Waals surface area contributed by atoms with Crippen LogP contribution in [0.15, 0.2) is 24.3 Å². The van der Waals surface area contributed by atoms with Crippen LogP contribution < -0.4 is 4.74 Å². The van der Waals surface area contributed by atoms with E-state index in [0.29, 0.717) is 0 Å². The quantitative estimate of drug-likeness (QED) is 0.187. The summed E-state index contributed by atoms with van der Waals surface area (Å²) in [5.74, 6) is 1.03. The van der Waals surface area contributed by atoms with E-state index in [0.717, 1.165) is 23.4 Å². The summed E-state index contributed by atoms with van der Waals surface area (Å²) in [5.41, 5.74) is 1.42. The second-order valence-electron chi connectivity index (χ2n) is 9.50. The Morgan fingerprint density at radius 1 is 0.714 bits per heavy atom. The van der Waals surface area contributed by atoms with Gasteiger partial charge >= 0.3 is 0 Å². The second-order valence-corrected chi connectivity index (χ2v) is 9.50. The molecule has 0 saturated carbocycles. The summed E-state index contributed by atoms with van der Waals surface area (Å²) in [6.45, 7) is 4.11. The molecule has 162 valence electrons. The van der Waals surface area contributed by atoms with Crippen LogP contribution in [0.2, 0.25) is 0 Å². The molecule has 0 fully saturated rings. The number of rotatable bonds is 18. The SMILES string of the molecule is CCCCCCCCCCCCCCCc1cccc(OCC[N+](C)(C)C)c1. The van der Waals surface area contributed by atoms with Crippen LogP contribution >= 0.6 is 0 Å². The molecule has 2 heteroatoms. The van der Waals surface area contributed by atoms with Crippen LogP contribution in [0, 0.1) is 0 Å². The number of likely N-dealkylation sites (N-methyl/N-ethyl adjacent to an activating group) is 1. The van der Waals surface area contributed by atoms with Crippen LogP contribution in [-0.4, -0.2) is 38.8 Å². The van der Waals surface area contributed by atoms with Crippen LogP contribution in [0.1, 0.15) is 96.0 Å². The number of aryl methyl sites for hydroxylation is 1. The predicted octanol–water partition coefficient (Wildman–Crippen LogP) is 7.41. The smallest absolute Gasteiger partial charge is 0.137 e.